The molecule has 0 aromatic heterocycles. The summed E-state index contributed by atoms with van der Waals surface area (Å²) in [4.78, 5) is 0. The zero-order valence-corrected chi connectivity index (χ0v) is 24.5. The Morgan fingerprint density at radius 1 is 0.229 bits per heavy atom. The van der Waals surface area contributed by atoms with Gasteiger partial charge in [0, 0.05) is 26.2 Å². The maximum absolute atomic E-state index is 3.58. The van der Waals surface area contributed by atoms with Crippen molar-refractivity contribution in [2.24, 2.45) is 0 Å². The minimum Gasteiger partial charge on any atom is -0.315 e. The minimum absolute atomic E-state index is 1.10. The van der Waals surface area contributed by atoms with Gasteiger partial charge in [0.2, 0.25) is 0 Å². The van der Waals surface area contributed by atoms with Crippen LogP contribution in [0.5, 0.6) is 0 Å². The Hall–Kier alpha value is -0.160. The van der Waals surface area contributed by atoms with Gasteiger partial charge in [-0.25, -0.2) is 0 Å². The second kappa shape index (κ2) is 33.8. The summed E-state index contributed by atoms with van der Waals surface area (Å²) in [5.74, 6) is 0. The molecule has 0 bridgehead atoms. The highest BCUT2D eigenvalue weighted by Crippen LogP contribution is 2.11. The summed E-state index contributed by atoms with van der Waals surface area (Å²) < 4.78 is 0. The molecule has 0 radical (unpaired) electrons. The molecule has 4 nitrogen and oxygen atoms in total. The van der Waals surface area contributed by atoms with E-state index in [0.717, 1.165) is 39.3 Å². The highest BCUT2D eigenvalue weighted by Gasteiger charge is 1.95. The van der Waals surface area contributed by atoms with Crippen LogP contribution in [0.1, 0.15) is 149 Å². The molecule has 0 atom stereocenters. The molecule has 4 N–H and O–H groups in total. The molecule has 0 rings (SSSR count). The van der Waals surface area contributed by atoms with E-state index >= 15 is 0 Å². The summed E-state index contributed by atoms with van der Waals surface area (Å²) in [6, 6.07) is 0. The summed E-state index contributed by atoms with van der Waals surface area (Å²) >= 11 is 0. The molecule has 0 heterocycles. The van der Waals surface area contributed by atoms with Gasteiger partial charge >= 0.3 is 0 Å². The number of nitrogens with one attached hydrogen (secondary N) is 4. The van der Waals surface area contributed by atoms with Crippen molar-refractivity contribution in [3.05, 3.63) is 0 Å². The summed E-state index contributed by atoms with van der Waals surface area (Å²) in [5.41, 5.74) is 0. The van der Waals surface area contributed by atoms with Gasteiger partial charge in [-0.05, 0) is 45.4 Å². The fourth-order valence-electron chi connectivity index (χ4n) is 4.67. The fraction of sp³-hybridized carbons (Fsp3) is 1.00. The second-order valence-electron chi connectivity index (χ2n) is 10.7. The van der Waals surface area contributed by atoms with Crippen LogP contribution in [0.2, 0.25) is 0 Å². The third kappa shape index (κ3) is 33.8. The molecular formula is C31H68N4. The van der Waals surface area contributed by atoms with Crippen LogP contribution in [0, 0.1) is 0 Å². The van der Waals surface area contributed by atoms with Gasteiger partial charge < -0.3 is 21.3 Å². The topological polar surface area (TPSA) is 48.1 Å². The summed E-state index contributed by atoms with van der Waals surface area (Å²) in [5, 5.41) is 14.3. The van der Waals surface area contributed by atoms with Crippen LogP contribution in [0.15, 0.2) is 0 Å². The third-order valence-electron chi connectivity index (χ3n) is 7.08. The van der Waals surface area contributed by atoms with Crippen molar-refractivity contribution in [2.75, 3.05) is 52.4 Å². The highest BCUT2D eigenvalue weighted by atomic mass is 15.0. The van der Waals surface area contributed by atoms with Gasteiger partial charge in [-0.15, -0.1) is 0 Å². The van der Waals surface area contributed by atoms with Crippen molar-refractivity contribution in [2.45, 2.75) is 149 Å². The minimum atomic E-state index is 1.10. The Labute approximate surface area is 222 Å². The first-order valence-electron chi connectivity index (χ1n) is 16.2. The summed E-state index contributed by atoms with van der Waals surface area (Å²) in [6.45, 7) is 13.6. The van der Waals surface area contributed by atoms with Crippen molar-refractivity contribution in [1.82, 2.24) is 21.3 Å². The Morgan fingerprint density at radius 3 is 0.743 bits per heavy atom. The molecule has 0 aliphatic heterocycles. The fourth-order valence-corrected chi connectivity index (χ4v) is 4.67. The number of hydrogen-bond donors (Lipinski definition) is 4. The molecule has 0 aromatic rings. The zero-order chi connectivity index (χ0) is 25.3. The lowest BCUT2D eigenvalue weighted by Gasteiger charge is -2.08. The first kappa shape index (κ1) is 34.8. The van der Waals surface area contributed by atoms with E-state index in [4.69, 9.17) is 0 Å². The molecule has 0 aliphatic carbocycles. The maximum Gasteiger partial charge on any atom is 0.00767 e. The van der Waals surface area contributed by atoms with Crippen molar-refractivity contribution >= 4 is 0 Å². The molecule has 35 heavy (non-hydrogen) atoms. The normalized spacial score (nSPS) is 11.5. The van der Waals surface area contributed by atoms with Crippen LogP contribution in [0.4, 0.5) is 0 Å². The van der Waals surface area contributed by atoms with Gasteiger partial charge in [-0.3, -0.25) is 0 Å². The molecule has 4 heteroatoms. The van der Waals surface area contributed by atoms with Crippen LogP contribution >= 0.6 is 0 Å². The SMILES string of the molecule is CCCCCCCCCCCCNCCNCCCNCCNCCCCCCCCCCCC. The van der Waals surface area contributed by atoms with Gasteiger partial charge in [0.05, 0.1) is 0 Å². The van der Waals surface area contributed by atoms with Crippen LogP contribution in [-0.2, 0) is 0 Å². The second-order valence-corrected chi connectivity index (χ2v) is 10.7. The van der Waals surface area contributed by atoms with E-state index in [1.165, 1.54) is 148 Å². The van der Waals surface area contributed by atoms with E-state index < -0.39 is 0 Å². The van der Waals surface area contributed by atoms with E-state index in [0.29, 0.717) is 0 Å². The van der Waals surface area contributed by atoms with Crippen LogP contribution in [0.25, 0.3) is 0 Å². The average molecular weight is 497 g/mol. The van der Waals surface area contributed by atoms with E-state index in [1.54, 1.807) is 0 Å². The largest absolute Gasteiger partial charge is 0.315 e. The maximum atomic E-state index is 3.58. The van der Waals surface area contributed by atoms with E-state index in [2.05, 4.69) is 35.1 Å². The number of unbranched alkanes of at least 4 members (excludes halogenated alkanes) is 18. The first-order chi connectivity index (χ1) is 17.4. The van der Waals surface area contributed by atoms with Crippen molar-refractivity contribution in [1.29, 1.82) is 0 Å². The molecule has 0 saturated heterocycles. The Balaban J connectivity index is 3.00. The predicted octanol–water partition coefficient (Wildman–Crippen LogP) is 7.58. The lowest BCUT2D eigenvalue weighted by atomic mass is 10.1. The van der Waals surface area contributed by atoms with Gasteiger partial charge in [-0.2, -0.15) is 0 Å². The lowest BCUT2D eigenvalue weighted by molar-refractivity contribution is 0.528. The van der Waals surface area contributed by atoms with Crippen LogP contribution in [-0.4, -0.2) is 52.4 Å². The Morgan fingerprint density at radius 2 is 0.457 bits per heavy atom. The molecule has 0 saturated carbocycles. The molecule has 0 fully saturated rings. The lowest BCUT2D eigenvalue weighted by Crippen LogP contribution is -2.31. The molecule has 0 amide bonds. The van der Waals surface area contributed by atoms with Crippen molar-refractivity contribution < 1.29 is 0 Å². The zero-order valence-electron chi connectivity index (χ0n) is 24.5. The van der Waals surface area contributed by atoms with Gasteiger partial charge in [0.25, 0.3) is 0 Å². The quantitative estimate of drug-likeness (QED) is 0.0725. The van der Waals surface area contributed by atoms with E-state index in [9.17, 15) is 0 Å². The molecule has 0 aliphatic rings. The predicted molar refractivity (Wildman–Crippen MR) is 160 cm³/mol. The van der Waals surface area contributed by atoms with Crippen molar-refractivity contribution in [3.8, 4) is 0 Å². The summed E-state index contributed by atoms with van der Waals surface area (Å²) in [6.07, 6.45) is 29.6. The smallest absolute Gasteiger partial charge is 0.00767 e. The molecule has 0 aromatic carbocycles. The molecule has 0 spiro atoms. The van der Waals surface area contributed by atoms with Gasteiger partial charge in [0.15, 0.2) is 0 Å². The van der Waals surface area contributed by atoms with E-state index in [1.807, 2.05) is 0 Å². The first-order valence-corrected chi connectivity index (χ1v) is 16.2. The monoisotopic (exact) mass is 497 g/mol. The number of hydrogen-bond acceptors (Lipinski definition) is 4. The Bertz CT molecular complexity index is 319. The highest BCUT2D eigenvalue weighted by molar-refractivity contribution is 4.57. The average Bonchev–Trinajstić information content (AvgIpc) is 2.87. The van der Waals surface area contributed by atoms with Crippen LogP contribution in [0.3, 0.4) is 0 Å². The van der Waals surface area contributed by atoms with Crippen molar-refractivity contribution in [3.63, 3.8) is 0 Å². The third-order valence-corrected chi connectivity index (χ3v) is 7.08. The Kier molecular flexibility index (Phi) is 33.7. The standard InChI is InChI=1S/C31H68N4/c1-3-5-7-9-11-13-15-17-19-21-24-32-28-30-34-26-23-27-35-31-29-33-25-22-20-18-16-14-12-10-8-6-4-2/h32-35H,3-31H2,1-2H3. The molecular weight excluding hydrogens is 428 g/mol. The van der Waals surface area contributed by atoms with Gasteiger partial charge in [-0.1, -0.05) is 129 Å². The van der Waals surface area contributed by atoms with Crippen LogP contribution < -0.4 is 21.3 Å². The summed E-state index contributed by atoms with van der Waals surface area (Å²) in [7, 11) is 0. The van der Waals surface area contributed by atoms with Gasteiger partial charge in [0.1, 0.15) is 0 Å². The molecule has 212 valence electrons. The molecule has 0 unspecified atom stereocenters. The van der Waals surface area contributed by atoms with E-state index in [-0.39, 0.29) is 0 Å². The number of rotatable bonds is 32.